The smallest absolute Gasteiger partial charge is 0.326 e. The van der Waals surface area contributed by atoms with Crippen molar-refractivity contribution >= 4 is 11.9 Å². The molecule has 4 nitrogen and oxygen atoms in total. The molecular weight excluding hydrogens is 206 g/mol. The van der Waals surface area contributed by atoms with E-state index in [1.54, 1.807) is 20.8 Å². The van der Waals surface area contributed by atoms with E-state index in [0.717, 1.165) is 0 Å². The highest BCUT2D eigenvalue weighted by Gasteiger charge is 2.34. The normalized spacial score (nSPS) is 18.4. The molecule has 1 aliphatic rings. The second-order valence-corrected chi connectivity index (χ2v) is 5.29. The predicted octanol–water partition coefficient (Wildman–Crippen LogP) is 1.57. The first kappa shape index (κ1) is 12.7. The number of carboxylic acid groups (broad SMARTS) is 1. The summed E-state index contributed by atoms with van der Waals surface area (Å²) >= 11 is 0. The van der Waals surface area contributed by atoms with Crippen molar-refractivity contribution in [2.45, 2.75) is 39.7 Å². The lowest BCUT2D eigenvalue weighted by Crippen LogP contribution is -2.50. The van der Waals surface area contributed by atoms with Gasteiger partial charge in [-0.3, -0.25) is 4.79 Å². The molecule has 1 atom stereocenters. The Kier molecular flexibility index (Phi) is 3.73. The van der Waals surface area contributed by atoms with Gasteiger partial charge in [0.15, 0.2) is 0 Å². The summed E-state index contributed by atoms with van der Waals surface area (Å²) in [5, 5.41) is 11.7. The van der Waals surface area contributed by atoms with Gasteiger partial charge in [-0.2, -0.15) is 0 Å². The minimum atomic E-state index is -0.980. The number of hydrogen-bond donors (Lipinski definition) is 2. The van der Waals surface area contributed by atoms with Gasteiger partial charge in [0.1, 0.15) is 6.04 Å². The van der Waals surface area contributed by atoms with E-state index in [9.17, 15) is 9.59 Å². The molecule has 4 heteroatoms. The number of carbonyl (C=O) groups excluding carboxylic acids is 1. The number of rotatable bonds is 3. The van der Waals surface area contributed by atoms with Gasteiger partial charge in [-0.25, -0.2) is 4.79 Å². The highest BCUT2D eigenvalue weighted by Crippen LogP contribution is 2.22. The SMILES string of the molecule is CC(C)(C)C(NC(=O)C1CC=CC1)C(=O)O. The minimum absolute atomic E-state index is 0.0933. The maximum absolute atomic E-state index is 11.8. The first-order valence-electron chi connectivity index (χ1n) is 5.50. The number of nitrogens with one attached hydrogen (secondary N) is 1. The Bertz CT molecular complexity index is 307. The highest BCUT2D eigenvalue weighted by atomic mass is 16.4. The Balaban J connectivity index is 2.62. The molecule has 0 heterocycles. The molecule has 0 fully saturated rings. The first-order chi connectivity index (χ1) is 7.32. The van der Waals surface area contributed by atoms with Gasteiger partial charge in [0, 0.05) is 5.92 Å². The third-order valence-electron chi connectivity index (χ3n) is 2.78. The van der Waals surface area contributed by atoms with Gasteiger partial charge in [-0.1, -0.05) is 32.9 Å². The predicted molar refractivity (Wildman–Crippen MR) is 60.9 cm³/mol. The van der Waals surface area contributed by atoms with Gasteiger partial charge < -0.3 is 10.4 Å². The maximum atomic E-state index is 11.8. The van der Waals surface area contributed by atoms with Crippen LogP contribution < -0.4 is 5.32 Å². The second-order valence-electron chi connectivity index (χ2n) is 5.29. The van der Waals surface area contributed by atoms with Crippen LogP contribution in [0.15, 0.2) is 12.2 Å². The molecule has 0 aliphatic heterocycles. The number of aliphatic carboxylic acids is 1. The van der Waals surface area contributed by atoms with Gasteiger partial charge in [0.05, 0.1) is 0 Å². The molecule has 0 aromatic heterocycles. The molecule has 1 aliphatic carbocycles. The fourth-order valence-electron chi connectivity index (χ4n) is 1.74. The number of hydrogen-bond acceptors (Lipinski definition) is 2. The van der Waals surface area contributed by atoms with E-state index in [0.29, 0.717) is 12.8 Å². The third-order valence-corrected chi connectivity index (χ3v) is 2.78. The Morgan fingerprint density at radius 2 is 1.81 bits per heavy atom. The van der Waals surface area contributed by atoms with Crippen LogP contribution in [0.25, 0.3) is 0 Å². The lowest BCUT2D eigenvalue weighted by atomic mass is 9.86. The summed E-state index contributed by atoms with van der Waals surface area (Å²) < 4.78 is 0. The van der Waals surface area contributed by atoms with Crippen LogP contribution in [0.2, 0.25) is 0 Å². The van der Waals surface area contributed by atoms with Crippen molar-refractivity contribution in [1.29, 1.82) is 0 Å². The van der Waals surface area contributed by atoms with Crippen LogP contribution in [0.3, 0.4) is 0 Å². The minimum Gasteiger partial charge on any atom is -0.480 e. The van der Waals surface area contributed by atoms with E-state index < -0.39 is 17.4 Å². The molecule has 16 heavy (non-hydrogen) atoms. The lowest BCUT2D eigenvalue weighted by molar-refractivity contribution is -0.145. The molecule has 2 N–H and O–H groups in total. The highest BCUT2D eigenvalue weighted by molar-refractivity contribution is 5.85. The summed E-state index contributed by atoms with van der Waals surface area (Å²) in [4.78, 5) is 22.9. The second kappa shape index (κ2) is 4.68. The standard InChI is InChI=1S/C12H19NO3/c1-12(2,3)9(11(15)16)13-10(14)8-6-4-5-7-8/h4-5,8-9H,6-7H2,1-3H3,(H,13,14)(H,15,16). The third kappa shape index (κ3) is 3.08. The van der Waals surface area contributed by atoms with Crippen molar-refractivity contribution in [2.75, 3.05) is 0 Å². The van der Waals surface area contributed by atoms with Crippen molar-refractivity contribution in [3.63, 3.8) is 0 Å². The summed E-state index contributed by atoms with van der Waals surface area (Å²) in [5.74, 6) is -1.23. The fraction of sp³-hybridized carbons (Fsp3) is 0.667. The number of allylic oxidation sites excluding steroid dienone is 2. The average Bonchev–Trinajstić information content (AvgIpc) is 2.63. The van der Waals surface area contributed by atoms with E-state index in [4.69, 9.17) is 5.11 Å². The molecule has 0 bridgehead atoms. The van der Waals surface area contributed by atoms with Crippen LogP contribution in [0.4, 0.5) is 0 Å². The molecule has 0 aromatic carbocycles. The van der Waals surface area contributed by atoms with Crippen LogP contribution in [0, 0.1) is 11.3 Å². The summed E-state index contributed by atoms with van der Waals surface area (Å²) in [6.07, 6.45) is 5.33. The van der Waals surface area contributed by atoms with Crippen molar-refractivity contribution in [3.05, 3.63) is 12.2 Å². The Hall–Kier alpha value is -1.32. The largest absolute Gasteiger partial charge is 0.480 e. The summed E-state index contributed by atoms with van der Waals surface area (Å²) in [7, 11) is 0. The Labute approximate surface area is 95.7 Å². The van der Waals surface area contributed by atoms with Crippen molar-refractivity contribution in [1.82, 2.24) is 5.32 Å². The fourth-order valence-corrected chi connectivity index (χ4v) is 1.74. The molecule has 1 amide bonds. The van der Waals surface area contributed by atoms with Crippen LogP contribution in [-0.2, 0) is 9.59 Å². The van der Waals surface area contributed by atoms with Gasteiger partial charge in [0.2, 0.25) is 5.91 Å². The van der Waals surface area contributed by atoms with Crippen LogP contribution in [0.1, 0.15) is 33.6 Å². The number of carboxylic acids is 1. The van der Waals surface area contributed by atoms with Crippen LogP contribution >= 0.6 is 0 Å². The zero-order valence-electron chi connectivity index (χ0n) is 9.99. The molecule has 1 rings (SSSR count). The quantitative estimate of drug-likeness (QED) is 0.716. The number of carbonyl (C=O) groups is 2. The first-order valence-corrected chi connectivity index (χ1v) is 5.50. The van der Waals surface area contributed by atoms with E-state index >= 15 is 0 Å². The lowest BCUT2D eigenvalue weighted by Gasteiger charge is -2.28. The average molecular weight is 225 g/mol. The summed E-state index contributed by atoms with van der Waals surface area (Å²) in [5.41, 5.74) is -0.479. The van der Waals surface area contributed by atoms with Crippen LogP contribution in [-0.4, -0.2) is 23.0 Å². The summed E-state index contributed by atoms with van der Waals surface area (Å²) in [6, 6.07) is -0.833. The van der Waals surface area contributed by atoms with E-state index in [1.807, 2.05) is 12.2 Å². The molecule has 0 radical (unpaired) electrons. The van der Waals surface area contributed by atoms with Crippen LogP contribution in [0.5, 0.6) is 0 Å². The zero-order valence-corrected chi connectivity index (χ0v) is 9.99. The number of amides is 1. The maximum Gasteiger partial charge on any atom is 0.326 e. The Morgan fingerprint density at radius 1 is 1.31 bits per heavy atom. The molecule has 0 saturated heterocycles. The molecular formula is C12H19NO3. The topological polar surface area (TPSA) is 66.4 Å². The molecule has 0 saturated carbocycles. The van der Waals surface area contributed by atoms with E-state index in [1.165, 1.54) is 0 Å². The Morgan fingerprint density at radius 3 is 2.19 bits per heavy atom. The van der Waals surface area contributed by atoms with Crippen molar-refractivity contribution in [3.8, 4) is 0 Å². The van der Waals surface area contributed by atoms with Gasteiger partial charge in [0.25, 0.3) is 0 Å². The molecule has 90 valence electrons. The van der Waals surface area contributed by atoms with Crippen molar-refractivity contribution in [2.24, 2.45) is 11.3 Å². The van der Waals surface area contributed by atoms with Crippen molar-refractivity contribution < 1.29 is 14.7 Å². The molecule has 0 aromatic rings. The van der Waals surface area contributed by atoms with Gasteiger partial charge >= 0.3 is 5.97 Å². The van der Waals surface area contributed by atoms with Gasteiger partial charge in [-0.05, 0) is 18.3 Å². The van der Waals surface area contributed by atoms with E-state index in [2.05, 4.69) is 5.32 Å². The monoisotopic (exact) mass is 225 g/mol. The zero-order chi connectivity index (χ0) is 12.3. The van der Waals surface area contributed by atoms with E-state index in [-0.39, 0.29) is 11.8 Å². The summed E-state index contributed by atoms with van der Waals surface area (Å²) in [6.45, 7) is 5.41. The van der Waals surface area contributed by atoms with Gasteiger partial charge in [-0.15, -0.1) is 0 Å². The molecule has 1 unspecified atom stereocenters. The molecule has 0 spiro atoms.